The Balaban J connectivity index is 2.57. The van der Waals surface area contributed by atoms with E-state index in [-0.39, 0.29) is 24.7 Å². The van der Waals surface area contributed by atoms with E-state index in [9.17, 15) is 27.8 Å². The minimum Gasteiger partial charge on any atom is -0.481 e. The molecule has 1 aliphatic carbocycles. The molecule has 33 heavy (non-hydrogen) atoms. The lowest BCUT2D eigenvalue weighted by molar-refractivity contribution is -0.139. The molecule has 0 aromatic carbocycles. The van der Waals surface area contributed by atoms with Gasteiger partial charge in [0, 0.05) is 25.5 Å². The number of sulfonamides is 1. The highest BCUT2D eigenvalue weighted by atomic mass is 32.2. The molecule has 3 atom stereocenters. The number of nitrogens with zero attached hydrogens (tertiary/aromatic N) is 3. The van der Waals surface area contributed by atoms with E-state index in [1.165, 1.54) is 19.2 Å². The summed E-state index contributed by atoms with van der Waals surface area (Å²) in [5.74, 6) is -1.37. The van der Waals surface area contributed by atoms with Crippen LogP contribution in [0.3, 0.4) is 0 Å². The Morgan fingerprint density at radius 2 is 2.00 bits per heavy atom. The molecule has 0 spiro atoms. The lowest BCUT2D eigenvalue weighted by Gasteiger charge is -2.21. The molecular formula is C22H30FN3O6S. The standard InChI is InChI=1S/C22H30FN3O6S/c1-13(2)20-18(10-9-16(27)11-17(28)12-19(29)30)21(14-5-7-15(23)8-6-14)25-22(24-20)26(3)33(4,31)32/h5-7,9-10,13,15-17,27-28H,8,11-12H2,1-4H3,(H,29,30)/b10-9+/t15?,16-,17-/m1/s1. The number of anilines is 1. The first kappa shape index (κ1) is 26.6. The van der Waals surface area contributed by atoms with Crippen molar-refractivity contribution in [1.29, 1.82) is 0 Å². The number of carboxylic acid groups (broad SMARTS) is 1. The third kappa shape index (κ3) is 7.44. The predicted molar refractivity (Wildman–Crippen MR) is 124 cm³/mol. The molecule has 1 aromatic rings. The first-order valence-corrected chi connectivity index (χ1v) is 12.3. The Kier molecular flexibility index (Phi) is 8.87. The van der Waals surface area contributed by atoms with E-state index < -0.39 is 40.8 Å². The van der Waals surface area contributed by atoms with Gasteiger partial charge in [0.1, 0.15) is 6.17 Å². The summed E-state index contributed by atoms with van der Waals surface area (Å²) in [6.45, 7) is 3.73. The molecule has 1 aliphatic rings. The van der Waals surface area contributed by atoms with Crippen molar-refractivity contribution < 1.29 is 32.9 Å². The van der Waals surface area contributed by atoms with Crippen molar-refractivity contribution in [1.82, 2.24) is 9.97 Å². The first-order valence-electron chi connectivity index (χ1n) is 10.4. The average molecular weight is 484 g/mol. The van der Waals surface area contributed by atoms with Crippen LogP contribution < -0.4 is 4.31 Å². The van der Waals surface area contributed by atoms with E-state index in [1.54, 1.807) is 18.2 Å². The molecule has 2 rings (SSSR count). The topological polar surface area (TPSA) is 141 Å². The maximum Gasteiger partial charge on any atom is 0.305 e. The maximum atomic E-state index is 13.6. The van der Waals surface area contributed by atoms with Crippen LogP contribution in [0.25, 0.3) is 11.6 Å². The van der Waals surface area contributed by atoms with Crippen LogP contribution in [0.4, 0.5) is 10.3 Å². The SMILES string of the molecule is CC(C)c1nc(N(C)S(C)(=O)=O)nc(C2=CCC(F)C=C2)c1/C=C/[C@@H](O)C[C@@H](O)CC(=O)O. The molecule has 0 saturated heterocycles. The number of rotatable bonds is 10. The van der Waals surface area contributed by atoms with E-state index in [1.807, 2.05) is 13.8 Å². The molecule has 1 heterocycles. The summed E-state index contributed by atoms with van der Waals surface area (Å²) < 4.78 is 38.8. The smallest absolute Gasteiger partial charge is 0.305 e. The Hall–Kier alpha value is -2.63. The minimum absolute atomic E-state index is 0.0394. The minimum atomic E-state index is -3.64. The normalized spacial score (nSPS) is 18.4. The van der Waals surface area contributed by atoms with Gasteiger partial charge in [-0.05, 0) is 17.6 Å². The highest BCUT2D eigenvalue weighted by Crippen LogP contribution is 2.31. The summed E-state index contributed by atoms with van der Waals surface area (Å²) in [4.78, 5) is 19.6. The van der Waals surface area contributed by atoms with E-state index in [2.05, 4.69) is 9.97 Å². The van der Waals surface area contributed by atoms with Crippen molar-refractivity contribution >= 4 is 33.6 Å². The fourth-order valence-corrected chi connectivity index (χ4v) is 3.59. The number of allylic oxidation sites excluding steroid dienone is 4. The van der Waals surface area contributed by atoms with Crippen LogP contribution in [-0.4, -0.2) is 71.4 Å². The van der Waals surface area contributed by atoms with Gasteiger partial charge >= 0.3 is 5.97 Å². The fraction of sp³-hybridized carbons (Fsp3) is 0.500. The third-order valence-electron chi connectivity index (χ3n) is 5.02. The lowest BCUT2D eigenvalue weighted by Crippen LogP contribution is -2.28. The number of aliphatic hydroxyl groups is 2. The summed E-state index contributed by atoms with van der Waals surface area (Å²) in [6.07, 6.45) is 4.56. The second-order valence-electron chi connectivity index (χ2n) is 8.24. The first-order chi connectivity index (χ1) is 15.3. The lowest BCUT2D eigenvalue weighted by atomic mass is 9.94. The van der Waals surface area contributed by atoms with Crippen LogP contribution in [0.2, 0.25) is 0 Å². The highest BCUT2D eigenvalue weighted by molar-refractivity contribution is 7.92. The van der Waals surface area contributed by atoms with Crippen LogP contribution in [0, 0.1) is 0 Å². The van der Waals surface area contributed by atoms with Gasteiger partial charge in [0.2, 0.25) is 16.0 Å². The average Bonchev–Trinajstić information content (AvgIpc) is 2.70. The van der Waals surface area contributed by atoms with Crippen LogP contribution in [0.15, 0.2) is 24.3 Å². The fourth-order valence-electron chi connectivity index (χ4n) is 3.21. The van der Waals surface area contributed by atoms with Gasteiger partial charge in [0.05, 0.1) is 36.3 Å². The zero-order valence-electron chi connectivity index (χ0n) is 19.0. The van der Waals surface area contributed by atoms with Crippen molar-refractivity contribution in [2.24, 2.45) is 0 Å². The van der Waals surface area contributed by atoms with Crippen molar-refractivity contribution in [3.05, 3.63) is 41.3 Å². The largest absolute Gasteiger partial charge is 0.481 e. The third-order valence-corrected chi connectivity index (χ3v) is 6.18. The van der Waals surface area contributed by atoms with Gasteiger partial charge in [-0.2, -0.15) is 0 Å². The molecule has 1 aromatic heterocycles. The number of aliphatic hydroxyl groups excluding tert-OH is 2. The number of hydrogen-bond acceptors (Lipinski definition) is 7. The number of alkyl halides is 1. The molecule has 182 valence electrons. The molecule has 9 nitrogen and oxygen atoms in total. The van der Waals surface area contributed by atoms with Gasteiger partial charge < -0.3 is 15.3 Å². The van der Waals surface area contributed by atoms with Crippen LogP contribution in [0.1, 0.15) is 56.0 Å². The van der Waals surface area contributed by atoms with Crippen LogP contribution in [0.5, 0.6) is 0 Å². The summed E-state index contributed by atoms with van der Waals surface area (Å²) in [5, 5.41) is 28.8. The number of halogens is 1. The molecule has 0 amide bonds. The van der Waals surface area contributed by atoms with Crippen molar-refractivity contribution in [2.75, 3.05) is 17.6 Å². The van der Waals surface area contributed by atoms with Crippen molar-refractivity contribution in [2.45, 2.75) is 57.4 Å². The highest BCUT2D eigenvalue weighted by Gasteiger charge is 2.23. The van der Waals surface area contributed by atoms with E-state index in [4.69, 9.17) is 5.11 Å². The maximum absolute atomic E-state index is 13.6. The van der Waals surface area contributed by atoms with Gasteiger partial charge in [-0.25, -0.2) is 27.1 Å². The van der Waals surface area contributed by atoms with Crippen LogP contribution >= 0.6 is 0 Å². The van der Waals surface area contributed by atoms with Crippen molar-refractivity contribution in [3.8, 4) is 0 Å². The Labute approximate surface area is 193 Å². The summed E-state index contributed by atoms with van der Waals surface area (Å²) in [5.41, 5.74) is 1.97. The molecular weight excluding hydrogens is 453 g/mol. The summed E-state index contributed by atoms with van der Waals surface area (Å²) >= 11 is 0. The van der Waals surface area contributed by atoms with E-state index >= 15 is 0 Å². The quantitative estimate of drug-likeness (QED) is 0.460. The van der Waals surface area contributed by atoms with Crippen LogP contribution in [-0.2, 0) is 14.8 Å². The Bertz CT molecular complexity index is 1070. The summed E-state index contributed by atoms with van der Waals surface area (Å²) in [6, 6.07) is 0. The van der Waals surface area contributed by atoms with Gasteiger partial charge in [-0.15, -0.1) is 0 Å². The zero-order valence-corrected chi connectivity index (χ0v) is 19.8. The van der Waals surface area contributed by atoms with Gasteiger partial charge in [-0.1, -0.05) is 38.2 Å². The van der Waals surface area contributed by atoms with Crippen molar-refractivity contribution in [3.63, 3.8) is 0 Å². The zero-order chi connectivity index (χ0) is 24.9. The molecule has 1 unspecified atom stereocenters. The summed E-state index contributed by atoms with van der Waals surface area (Å²) in [7, 11) is -2.30. The van der Waals surface area contributed by atoms with Gasteiger partial charge in [0.25, 0.3) is 0 Å². The monoisotopic (exact) mass is 483 g/mol. The molecule has 0 fully saturated rings. The molecule has 0 radical (unpaired) electrons. The van der Waals surface area contributed by atoms with E-state index in [0.29, 0.717) is 22.5 Å². The second-order valence-corrected chi connectivity index (χ2v) is 10.3. The van der Waals surface area contributed by atoms with E-state index in [0.717, 1.165) is 10.6 Å². The number of carboxylic acids is 1. The number of hydrogen-bond donors (Lipinski definition) is 3. The Morgan fingerprint density at radius 3 is 2.52 bits per heavy atom. The molecule has 11 heteroatoms. The molecule has 3 N–H and O–H groups in total. The van der Waals surface area contributed by atoms with Gasteiger partial charge in [-0.3, -0.25) is 4.79 Å². The predicted octanol–water partition coefficient (Wildman–Crippen LogP) is 2.28. The second kappa shape index (κ2) is 11.0. The Morgan fingerprint density at radius 1 is 1.33 bits per heavy atom. The molecule has 0 aliphatic heterocycles. The molecule has 0 bridgehead atoms. The number of carbonyl (C=O) groups is 1. The number of aliphatic carboxylic acids is 1. The van der Waals surface area contributed by atoms with Gasteiger partial charge in [0.15, 0.2) is 0 Å². The number of aromatic nitrogens is 2. The molecule has 0 saturated carbocycles.